The molecule has 0 aliphatic rings. The van der Waals surface area contributed by atoms with E-state index in [-0.39, 0.29) is 0 Å². The number of hydrogen-bond acceptors (Lipinski definition) is 1. The van der Waals surface area contributed by atoms with E-state index in [1.807, 2.05) is 16.7 Å². The van der Waals surface area contributed by atoms with Crippen LogP contribution in [0.15, 0.2) is 24.4 Å². The van der Waals surface area contributed by atoms with Crippen LogP contribution in [0.2, 0.25) is 0 Å². The van der Waals surface area contributed by atoms with Crippen LogP contribution in [0.3, 0.4) is 0 Å². The first-order valence-corrected chi connectivity index (χ1v) is 5.81. The van der Waals surface area contributed by atoms with Crippen molar-refractivity contribution in [2.45, 2.75) is 33.7 Å². The van der Waals surface area contributed by atoms with Crippen LogP contribution in [0.5, 0.6) is 5.88 Å². The summed E-state index contributed by atoms with van der Waals surface area (Å²) in [7, 11) is 0. The molecule has 1 aromatic carbocycles. The minimum Gasteiger partial charge on any atom is -0.494 e. The second-order valence-electron chi connectivity index (χ2n) is 4.88. The Kier molecular flexibility index (Phi) is 2.66. The van der Waals surface area contributed by atoms with Crippen molar-refractivity contribution < 1.29 is 5.11 Å². The molecule has 0 bridgehead atoms. The first kappa shape index (κ1) is 11.1. The van der Waals surface area contributed by atoms with E-state index in [0.717, 1.165) is 10.8 Å². The monoisotopic (exact) mass is 217 g/mol. The second-order valence-corrected chi connectivity index (χ2v) is 4.88. The molecule has 86 valence electrons. The molecule has 0 aliphatic carbocycles. The zero-order valence-electron chi connectivity index (χ0n) is 10.4. The number of rotatable bonds is 2. The molecule has 1 atom stereocenters. The number of fused-ring (bicyclic) bond motifs is 1. The molecule has 1 N–H and O–H groups in total. The minimum atomic E-state index is 0.312. The Bertz CT molecular complexity index is 511. The van der Waals surface area contributed by atoms with Crippen LogP contribution in [0.25, 0.3) is 10.8 Å². The van der Waals surface area contributed by atoms with E-state index < -0.39 is 0 Å². The molecule has 2 heteroatoms. The molecule has 1 heterocycles. The molecule has 2 nitrogen and oxygen atoms in total. The van der Waals surface area contributed by atoms with E-state index in [4.69, 9.17) is 0 Å². The van der Waals surface area contributed by atoms with Crippen LogP contribution in [0.1, 0.15) is 32.4 Å². The Morgan fingerprint density at radius 2 is 1.81 bits per heavy atom. The smallest absolute Gasteiger partial charge is 0.199 e. The standard InChI is InChI=1S/C14H19NO/c1-9(2)11(4)15-8-13-10(3)6-5-7-12(13)14(15)16/h5-9,11,16H,1-4H3. The summed E-state index contributed by atoms with van der Waals surface area (Å²) in [6.07, 6.45) is 2.06. The third kappa shape index (κ3) is 1.58. The van der Waals surface area contributed by atoms with Gasteiger partial charge >= 0.3 is 0 Å². The first-order valence-electron chi connectivity index (χ1n) is 5.81. The summed E-state index contributed by atoms with van der Waals surface area (Å²) in [6, 6.07) is 6.35. The lowest BCUT2D eigenvalue weighted by molar-refractivity contribution is 0.346. The summed E-state index contributed by atoms with van der Waals surface area (Å²) in [5.74, 6) is 0.896. The second kappa shape index (κ2) is 3.85. The third-order valence-corrected chi connectivity index (χ3v) is 3.48. The van der Waals surface area contributed by atoms with E-state index in [2.05, 4.69) is 40.0 Å². The molecule has 2 aromatic rings. The maximum Gasteiger partial charge on any atom is 0.199 e. The number of aromatic hydroxyl groups is 1. The van der Waals surface area contributed by atoms with Crippen molar-refractivity contribution in [3.63, 3.8) is 0 Å². The molecule has 0 aliphatic heterocycles. The highest BCUT2D eigenvalue weighted by atomic mass is 16.3. The highest BCUT2D eigenvalue weighted by Crippen LogP contribution is 2.33. The molecule has 0 saturated heterocycles. The minimum absolute atomic E-state index is 0.312. The van der Waals surface area contributed by atoms with E-state index in [9.17, 15) is 5.11 Å². The van der Waals surface area contributed by atoms with Crippen LogP contribution in [0.4, 0.5) is 0 Å². The van der Waals surface area contributed by atoms with Gasteiger partial charge in [-0.1, -0.05) is 26.0 Å². The highest BCUT2D eigenvalue weighted by Gasteiger charge is 2.16. The lowest BCUT2D eigenvalue weighted by Crippen LogP contribution is -2.09. The number of benzene rings is 1. The topological polar surface area (TPSA) is 25.2 Å². The molecule has 0 spiro atoms. The van der Waals surface area contributed by atoms with Crippen LogP contribution >= 0.6 is 0 Å². The summed E-state index contributed by atoms with van der Waals surface area (Å²) < 4.78 is 1.97. The number of nitrogens with zero attached hydrogens (tertiary/aromatic N) is 1. The van der Waals surface area contributed by atoms with Crippen LogP contribution in [-0.2, 0) is 0 Å². The van der Waals surface area contributed by atoms with Crippen molar-refractivity contribution in [2.24, 2.45) is 5.92 Å². The van der Waals surface area contributed by atoms with Gasteiger partial charge < -0.3 is 9.67 Å². The molecule has 1 unspecified atom stereocenters. The highest BCUT2D eigenvalue weighted by molar-refractivity contribution is 5.90. The van der Waals surface area contributed by atoms with Gasteiger partial charge in [-0.05, 0) is 31.4 Å². The Balaban J connectivity index is 2.65. The Morgan fingerprint density at radius 1 is 1.12 bits per heavy atom. The molecule has 0 radical (unpaired) electrons. The normalized spacial score (nSPS) is 13.6. The Labute approximate surface area is 96.5 Å². The first-order chi connectivity index (χ1) is 7.52. The zero-order chi connectivity index (χ0) is 11.9. The average molecular weight is 217 g/mol. The molecular formula is C14H19NO. The van der Waals surface area contributed by atoms with Gasteiger partial charge in [0.15, 0.2) is 5.88 Å². The number of aromatic nitrogens is 1. The van der Waals surface area contributed by atoms with Crippen LogP contribution in [0, 0.1) is 12.8 Å². The molecule has 2 rings (SSSR count). The molecule has 1 aromatic heterocycles. The molecule has 0 fully saturated rings. The van der Waals surface area contributed by atoms with E-state index in [1.165, 1.54) is 5.56 Å². The lowest BCUT2D eigenvalue weighted by atomic mass is 10.1. The van der Waals surface area contributed by atoms with E-state index in [1.54, 1.807) is 0 Å². The van der Waals surface area contributed by atoms with Gasteiger partial charge in [0.25, 0.3) is 0 Å². The van der Waals surface area contributed by atoms with Crippen molar-refractivity contribution in [3.8, 4) is 5.88 Å². The molecule has 0 saturated carbocycles. The van der Waals surface area contributed by atoms with Gasteiger partial charge in [-0.3, -0.25) is 0 Å². The van der Waals surface area contributed by atoms with Crippen molar-refractivity contribution in [3.05, 3.63) is 30.0 Å². The van der Waals surface area contributed by atoms with Gasteiger partial charge in [0.2, 0.25) is 0 Å². The molecular weight excluding hydrogens is 198 g/mol. The maximum atomic E-state index is 10.2. The average Bonchev–Trinajstić information content (AvgIpc) is 2.57. The maximum absolute atomic E-state index is 10.2. The fourth-order valence-corrected chi connectivity index (χ4v) is 2.02. The van der Waals surface area contributed by atoms with Gasteiger partial charge in [-0.2, -0.15) is 0 Å². The third-order valence-electron chi connectivity index (χ3n) is 3.48. The van der Waals surface area contributed by atoms with Crippen LogP contribution in [-0.4, -0.2) is 9.67 Å². The van der Waals surface area contributed by atoms with E-state index in [0.29, 0.717) is 17.8 Å². The lowest BCUT2D eigenvalue weighted by Gasteiger charge is -2.18. The van der Waals surface area contributed by atoms with Gasteiger partial charge in [-0.25, -0.2) is 0 Å². The summed E-state index contributed by atoms with van der Waals surface area (Å²) in [5, 5.41) is 12.3. The van der Waals surface area contributed by atoms with Crippen molar-refractivity contribution in [1.29, 1.82) is 0 Å². The van der Waals surface area contributed by atoms with Gasteiger partial charge in [0.1, 0.15) is 0 Å². The van der Waals surface area contributed by atoms with Gasteiger partial charge in [-0.15, -0.1) is 0 Å². The largest absolute Gasteiger partial charge is 0.494 e. The predicted octanol–water partition coefficient (Wildman–Crippen LogP) is 3.87. The van der Waals surface area contributed by atoms with Crippen molar-refractivity contribution in [2.75, 3.05) is 0 Å². The van der Waals surface area contributed by atoms with Crippen molar-refractivity contribution >= 4 is 10.8 Å². The summed E-state index contributed by atoms with van der Waals surface area (Å²) in [6.45, 7) is 8.55. The Hall–Kier alpha value is -1.44. The van der Waals surface area contributed by atoms with Gasteiger partial charge in [0, 0.05) is 23.0 Å². The fraction of sp³-hybridized carbons (Fsp3) is 0.429. The molecule has 16 heavy (non-hydrogen) atoms. The van der Waals surface area contributed by atoms with Gasteiger partial charge in [0.05, 0.1) is 0 Å². The predicted molar refractivity (Wildman–Crippen MR) is 67.9 cm³/mol. The van der Waals surface area contributed by atoms with Crippen molar-refractivity contribution in [1.82, 2.24) is 4.57 Å². The zero-order valence-corrected chi connectivity index (χ0v) is 10.4. The number of hydrogen-bond donors (Lipinski definition) is 1. The van der Waals surface area contributed by atoms with Crippen LogP contribution < -0.4 is 0 Å². The SMILES string of the molecule is Cc1cccc2c(O)n(C(C)C(C)C)cc12. The summed E-state index contributed by atoms with van der Waals surface area (Å²) in [4.78, 5) is 0. The fourth-order valence-electron chi connectivity index (χ4n) is 2.02. The Morgan fingerprint density at radius 3 is 2.38 bits per heavy atom. The quantitative estimate of drug-likeness (QED) is 0.811. The number of aryl methyl sites for hydroxylation is 1. The van der Waals surface area contributed by atoms with E-state index >= 15 is 0 Å². The summed E-state index contributed by atoms with van der Waals surface area (Å²) >= 11 is 0. The molecule has 0 amide bonds. The summed E-state index contributed by atoms with van der Waals surface area (Å²) in [5.41, 5.74) is 1.21.